The first-order valence-corrected chi connectivity index (χ1v) is 10.2. The molecule has 0 fully saturated rings. The minimum atomic E-state index is -0.877. The van der Waals surface area contributed by atoms with Gasteiger partial charge in [-0.25, -0.2) is 9.59 Å². The Labute approximate surface area is 193 Å². The van der Waals surface area contributed by atoms with E-state index in [9.17, 15) is 14.4 Å². The Hall–Kier alpha value is -3.61. The predicted octanol–water partition coefficient (Wildman–Crippen LogP) is 4.89. The van der Waals surface area contributed by atoms with E-state index in [4.69, 9.17) is 24.4 Å². The lowest BCUT2D eigenvalue weighted by Gasteiger charge is -2.08. The Morgan fingerprint density at radius 2 is 1.53 bits per heavy atom. The summed E-state index contributed by atoms with van der Waals surface area (Å²) in [6.07, 6.45) is 1.46. The van der Waals surface area contributed by atoms with Crippen LogP contribution in [0.2, 0.25) is 0 Å². The summed E-state index contributed by atoms with van der Waals surface area (Å²) < 4.78 is 52.9. The minimum Gasteiger partial charge on any atom is -0.494 e. The van der Waals surface area contributed by atoms with Gasteiger partial charge in [-0.05, 0) is 81.5 Å². The van der Waals surface area contributed by atoms with Gasteiger partial charge >= 0.3 is 17.9 Å². The summed E-state index contributed by atoms with van der Waals surface area (Å²) >= 11 is 0. The van der Waals surface area contributed by atoms with Crippen molar-refractivity contribution in [1.29, 1.82) is 0 Å². The molecule has 0 aliphatic carbocycles. The summed E-state index contributed by atoms with van der Waals surface area (Å²) in [6.45, 7) is 7.49. The average Bonchev–Trinajstić information content (AvgIpc) is 2.85. The van der Waals surface area contributed by atoms with E-state index in [0.29, 0.717) is 37.2 Å². The van der Waals surface area contributed by atoms with Crippen molar-refractivity contribution in [3.05, 3.63) is 66.2 Å². The molecule has 0 N–H and O–H groups in total. The van der Waals surface area contributed by atoms with Gasteiger partial charge in [-0.1, -0.05) is 6.58 Å². The van der Waals surface area contributed by atoms with Crippen LogP contribution in [0.15, 0.2) is 60.6 Å². The maximum atomic E-state index is 12.5. The van der Waals surface area contributed by atoms with E-state index in [1.165, 1.54) is 12.1 Å². The van der Waals surface area contributed by atoms with Gasteiger partial charge in [0.1, 0.15) is 17.2 Å². The quantitative estimate of drug-likeness (QED) is 0.199. The molecule has 0 aromatic heterocycles. The van der Waals surface area contributed by atoms with Gasteiger partial charge in [-0.2, -0.15) is 0 Å². The van der Waals surface area contributed by atoms with E-state index < -0.39 is 53.6 Å². The monoisotopic (exact) mass is 444 g/mol. The molecular formula is C25H28O7. The lowest BCUT2D eigenvalue weighted by Crippen LogP contribution is -2.09. The highest BCUT2D eigenvalue weighted by molar-refractivity contribution is 5.91. The highest BCUT2D eigenvalue weighted by Gasteiger charge is 2.10. The number of ether oxygens (including phenoxy) is 4. The number of unbranched alkanes of at least 4 members (excludes halogenated alkanes) is 2. The molecule has 170 valence electrons. The number of esters is 3. The first-order chi connectivity index (χ1) is 17.1. The molecule has 0 amide bonds. The molecule has 2 rings (SSSR count). The largest absolute Gasteiger partial charge is 0.494 e. The first-order valence-electron chi connectivity index (χ1n) is 12.2. The van der Waals surface area contributed by atoms with Gasteiger partial charge in [0, 0.05) is 12.0 Å². The van der Waals surface area contributed by atoms with E-state index in [0.717, 1.165) is 0 Å². The van der Waals surface area contributed by atoms with Crippen LogP contribution < -0.4 is 14.2 Å². The van der Waals surface area contributed by atoms with E-state index in [2.05, 4.69) is 6.58 Å². The number of benzene rings is 2. The van der Waals surface area contributed by atoms with Crippen LogP contribution >= 0.6 is 0 Å². The number of carbonyl (C=O) groups excluding carboxylic acids is 3. The number of hydrogen-bond donors (Lipinski definition) is 0. The normalized spacial score (nSPS) is 11.9. The summed E-state index contributed by atoms with van der Waals surface area (Å²) in [5, 5.41) is 0. The van der Waals surface area contributed by atoms with Crippen LogP contribution in [0, 0.1) is 0 Å². The Morgan fingerprint density at radius 3 is 2.12 bits per heavy atom. The van der Waals surface area contributed by atoms with Crippen LogP contribution in [0.1, 0.15) is 55.4 Å². The van der Waals surface area contributed by atoms with Gasteiger partial charge < -0.3 is 18.9 Å². The van der Waals surface area contributed by atoms with Crippen LogP contribution in [0.4, 0.5) is 0 Å². The molecule has 2 aromatic rings. The second-order valence-corrected chi connectivity index (χ2v) is 6.71. The van der Waals surface area contributed by atoms with Gasteiger partial charge in [-0.15, -0.1) is 0 Å². The van der Waals surface area contributed by atoms with Crippen molar-refractivity contribution in [2.24, 2.45) is 0 Å². The SMILES string of the molecule is [2H]c1c([2H])c(OC(=O)c2ccc(OCC)cc2)c([2H])c([2H])c1OC(=O)CCCCCOC(=O)C(=C)C. The lowest BCUT2D eigenvalue weighted by atomic mass is 10.2. The van der Waals surface area contributed by atoms with Crippen LogP contribution in [-0.2, 0) is 14.3 Å². The maximum absolute atomic E-state index is 12.5. The Bertz CT molecular complexity index is 1100. The van der Waals surface area contributed by atoms with Crippen LogP contribution in [0.5, 0.6) is 17.2 Å². The van der Waals surface area contributed by atoms with Crippen LogP contribution in [-0.4, -0.2) is 31.1 Å². The van der Waals surface area contributed by atoms with Gasteiger partial charge in [0.15, 0.2) is 0 Å². The molecule has 0 radical (unpaired) electrons. The van der Waals surface area contributed by atoms with Crippen LogP contribution in [0.25, 0.3) is 0 Å². The van der Waals surface area contributed by atoms with Gasteiger partial charge in [0.05, 0.1) is 24.3 Å². The molecule has 2 aromatic carbocycles. The fourth-order valence-electron chi connectivity index (χ4n) is 2.40. The molecule has 0 aliphatic heterocycles. The molecule has 32 heavy (non-hydrogen) atoms. The molecule has 0 saturated heterocycles. The summed E-state index contributed by atoms with van der Waals surface area (Å²) in [7, 11) is 0. The van der Waals surface area contributed by atoms with Crippen LogP contribution in [0.3, 0.4) is 0 Å². The molecule has 0 spiro atoms. The molecule has 7 heteroatoms. The summed E-state index contributed by atoms with van der Waals surface area (Å²) in [5.41, 5.74) is 0.427. The van der Waals surface area contributed by atoms with E-state index in [-0.39, 0.29) is 18.6 Å². The lowest BCUT2D eigenvalue weighted by molar-refractivity contribution is -0.139. The molecular weight excluding hydrogens is 412 g/mol. The van der Waals surface area contributed by atoms with E-state index in [1.807, 2.05) is 6.92 Å². The topological polar surface area (TPSA) is 88.1 Å². The third-order valence-electron chi connectivity index (χ3n) is 4.00. The Kier molecular flexibility index (Phi) is 7.73. The van der Waals surface area contributed by atoms with Crippen molar-refractivity contribution < 1.29 is 38.8 Å². The summed E-state index contributed by atoms with van der Waals surface area (Å²) in [6, 6.07) is 3.42. The standard InChI is InChI=1S/C25H28O7/c1-4-29-20-11-9-19(10-12-20)25(28)32-22-15-13-21(14-16-22)31-23(26)8-6-5-7-17-30-24(27)18(2)3/h9-16H,2,4-8,17H2,1,3H3/i13D,14D,15D,16D. The zero-order valence-corrected chi connectivity index (χ0v) is 18.1. The molecule has 0 unspecified atom stereocenters. The molecule has 0 atom stereocenters. The average molecular weight is 445 g/mol. The van der Waals surface area contributed by atoms with Gasteiger partial charge in [-0.3, -0.25) is 4.79 Å². The second kappa shape index (κ2) is 12.9. The number of carbonyl (C=O) groups is 3. The van der Waals surface area contributed by atoms with Crippen molar-refractivity contribution in [3.8, 4) is 17.2 Å². The third-order valence-corrected chi connectivity index (χ3v) is 4.00. The number of hydrogen-bond acceptors (Lipinski definition) is 7. The van der Waals surface area contributed by atoms with Crippen molar-refractivity contribution in [2.45, 2.75) is 39.5 Å². The minimum absolute atomic E-state index is 0.0392. The van der Waals surface area contributed by atoms with E-state index in [1.54, 1.807) is 19.1 Å². The molecule has 0 bridgehead atoms. The number of rotatable bonds is 12. The zero-order chi connectivity index (χ0) is 26.8. The Balaban J connectivity index is 2.00. The predicted molar refractivity (Wildman–Crippen MR) is 119 cm³/mol. The fourth-order valence-corrected chi connectivity index (χ4v) is 2.40. The van der Waals surface area contributed by atoms with Gasteiger partial charge in [0.2, 0.25) is 0 Å². The molecule has 0 heterocycles. The fraction of sp³-hybridized carbons (Fsp3) is 0.320. The molecule has 0 aliphatic rings. The maximum Gasteiger partial charge on any atom is 0.343 e. The molecule has 0 saturated carbocycles. The third kappa shape index (κ3) is 8.63. The Morgan fingerprint density at radius 1 is 0.906 bits per heavy atom. The van der Waals surface area contributed by atoms with Crippen molar-refractivity contribution in [3.63, 3.8) is 0 Å². The van der Waals surface area contributed by atoms with Crippen molar-refractivity contribution >= 4 is 17.9 Å². The zero-order valence-electron chi connectivity index (χ0n) is 22.1. The van der Waals surface area contributed by atoms with Crippen molar-refractivity contribution in [2.75, 3.05) is 13.2 Å². The summed E-state index contributed by atoms with van der Waals surface area (Å²) in [4.78, 5) is 36.0. The van der Waals surface area contributed by atoms with Gasteiger partial charge in [0.25, 0.3) is 0 Å². The highest BCUT2D eigenvalue weighted by atomic mass is 16.5. The molecule has 7 nitrogen and oxygen atoms in total. The van der Waals surface area contributed by atoms with E-state index >= 15 is 0 Å². The first kappa shape index (κ1) is 19.1. The summed E-state index contributed by atoms with van der Waals surface area (Å²) in [5.74, 6) is -2.67. The highest BCUT2D eigenvalue weighted by Crippen LogP contribution is 2.20. The smallest absolute Gasteiger partial charge is 0.343 e. The van der Waals surface area contributed by atoms with Crippen molar-refractivity contribution in [1.82, 2.24) is 0 Å². The second-order valence-electron chi connectivity index (χ2n) is 6.71.